The van der Waals surface area contributed by atoms with Crippen LogP contribution in [0.4, 0.5) is 5.69 Å². The number of H-pyrrole nitrogens is 1. The highest BCUT2D eigenvalue weighted by Gasteiger charge is 2.25. The second kappa shape index (κ2) is 6.79. The largest absolute Gasteiger partial charge is 0.375 e. The van der Waals surface area contributed by atoms with Gasteiger partial charge in [0.25, 0.3) is 5.56 Å². The number of aromatic nitrogens is 2. The molecular weight excluding hydrogens is 290 g/mol. The van der Waals surface area contributed by atoms with Gasteiger partial charge < -0.3 is 9.64 Å². The minimum absolute atomic E-state index is 0.233. The number of rotatable bonds is 3. The van der Waals surface area contributed by atoms with Crippen LogP contribution in [0.25, 0.3) is 0 Å². The number of nitrogens with zero attached hydrogens (tertiary/aromatic N) is 2. The number of nitrogens with one attached hydrogen (secondary N) is 1. The molecule has 0 atom stereocenters. The fraction of sp³-hybridized carbons (Fsp3) is 0.733. The number of anilines is 1. The molecule has 1 aliphatic carbocycles. The fourth-order valence-corrected chi connectivity index (χ4v) is 3.51. The highest BCUT2D eigenvalue weighted by atomic mass is 35.5. The predicted octanol–water partition coefficient (Wildman–Crippen LogP) is 2.74. The van der Waals surface area contributed by atoms with Crippen molar-refractivity contribution in [3.05, 3.63) is 21.6 Å². The average Bonchev–Trinajstić information content (AvgIpc) is 2.52. The van der Waals surface area contributed by atoms with Gasteiger partial charge >= 0.3 is 0 Å². The molecule has 0 amide bonds. The van der Waals surface area contributed by atoms with Gasteiger partial charge in [0, 0.05) is 13.1 Å². The minimum Gasteiger partial charge on any atom is -0.375 e. The summed E-state index contributed by atoms with van der Waals surface area (Å²) in [5, 5.41) is 6.42. The van der Waals surface area contributed by atoms with Gasteiger partial charge in [-0.2, -0.15) is 5.10 Å². The minimum atomic E-state index is -0.324. The van der Waals surface area contributed by atoms with Crippen LogP contribution >= 0.6 is 11.6 Å². The fourth-order valence-electron chi connectivity index (χ4n) is 3.30. The third kappa shape index (κ3) is 3.58. The molecule has 1 saturated carbocycles. The molecule has 2 aliphatic rings. The standard InChI is InChI=1S/C15H22ClN3O2/c16-14-13(10-17-18-15(14)20)19-8-6-12(7-9-19)21-11-4-2-1-3-5-11/h10-12H,1-9H2,(H,18,20). The molecule has 0 spiro atoms. The lowest BCUT2D eigenvalue weighted by atomic mass is 9.97. The number of piperidine rings is 1. The molecule has 5 nitrogen and oxygen atoms in total. The van der Waals surface area contributed by atoms with Gasteiger partial charge in [0.1, 0.15) is 5.02 Å². The molecule has 0 bridgehead atoms. The molecule has 1 saturated heterocycles. The van der Waals surface area contributed by atoms with Gasteiger partial charge in [-0.3, -0.25) is 4.79 Å². The maximum atomic E-state index is 11.5. The molecule has 0 radical (unpaired) electrons. The van der Waals surface area contributed by atoms with Gasteiger partial charge in [-0.1, -0.05) is 30.9 Å². The van der Waals surface area contributed by atoms with Crippen LogP contribution in [-0.4, -0.2) is 35.5 Å². The highest BCUT2D eigenvalue weighted by Crippen LogP contribution is 2.28. The smallest absolute Gasteiger partial charge is 0.285 e. The molecule has 1 aromatic rings. The molecule has 0 aromatic carbocycles. The topological polar surface area (TPSA) is 58.2 Å². The van der Waals surface area contributed by atoms with Gasteiger partial charge in [0.2, 0.25) is 0 Å². The number of hydrogen-bond donors (Lipinski definition) is 1. The lowest BCUT2D eigenvalue weighted by molar-refractivity contribution is -0.0395. The lowest BCUT2D eigenvalue weighted by Crippen LogP contribution is -2.39. The Morgan fingerprint density at radius 2 is 1.81 bits per heavy atom. The van der Waals surface area contributed by atoms with Gasteiger partial charge in [0.15, 0.2) is 0 Å². The summed E-state index contributed by atoms with van der Waals surface area (Å²) < 4.78 is 6.23. The maximum Gasteiger partial charge on any atom is 0.285 e. The van der Waals surface area contributed by atoms with E-state index < -0.39 is 0 Å². The Balaban J connectivity index is 1.55. The van der Waals surface area contributed by atoms with E-state index in [9.17, 15) is 4.79 Å². The zero-order chi connectivity index (χ0) is 14.7. The molecule has 0 unspecified atom stereocenters. The molecule has 1 N–H and O–H groups in total. The summed E-state index contributed by atoms with van der Waals surface area (Å²) >= 11 is 6.06. The highest BCUT2D eigenvalue weighted by molar-refractivity contribution is 6.32. The zero-order valence-corrected chi connectivity index (χ0v) is 12.9. The van der Waals surface area contributed by atoms with E-state index in [0.717, 1.165) is 31.6 Å². The molecule has 116 valence electrons. The molecule has 21 heavy (non-hydrogen) atoms. The zero-order valence-electron chi connectivity index (χ0n) is 12.2. The third-order valence-electron chi connectivity index (χ3n) is 4.50. The van der Waals surface area contributed by atoms with E-state index in [0.29, 0.717) is 12.2 Å². The molecule has 6 heteroatoms. The van der Waals surface area contributed by atoms with Crippen molar-refractivity contribution in [2.24, 2.45) is 0 Å². The Morgan fingerprint density at radius 1 is 1.14 bits per heavy atom. The van der Waals surface area contributed by atoms with Crippen LogP contribution < -0.4 is 10.5 Å². The summed E-state index contributed by atoms with van der Waals surface area (Å²) in [5.74, 6) is 0. The van der Waals surface area contributed by atoms with Crippen molar-refractivity contribution in [3.8, 4) is 0 Å². The van der Waals surface area contributed by atoms with Crippen LogP contribution in [0.5, 0.6) is 0 Å². The van der Waals surface area contributed by atoms with E-state index in [1.54, 1.807) is 6.20 Å². The van der Waals surface area contributed by atoms with Gasteiger partial charge in [-0.25, -0.2) is 5.10 Å². The maximum absolute atomic E-state index is 11.5. The van der Waals surface area contributed by atoms with Crippen LogP contribution in [0.1, 0.15) is 44.9 Å². The van der Waals surface area contributed by atoms with E-state index in [4.69, 9.17) is 16.3 Å². The molecule has 2 heterocycles. The Kier molecular flexibility index (Phi) is 4.80. The molecule has 3 rings (SSSR count). The van der Waals surface area contributed by atoms with Gasteiger partial charge in [-0.05, 0) is 25.7 Å². The second-order valence-corrected chi connectivity index (χ2v) is 6.36. The lowest BCUT2D eigenvalue weighted by Gasteiger charge is -2.36. The number of halogens is 1. The van der Waals surface area contributed by atoms with Crippen LogP contribution in [0.2, 0.25) is 5.02 Å². The first-order valence-electron chi connectivity index (χ1n) is 7.87. The van der Waals surface area contributed by atoms with Crippen molar-refractivity contribution in [2.45, 2.75) is 57.2 Å². The van der Waals surface area contributed by atoms with E-state index >= 15 is 0 Å². The van der Waals surface area contributed by atoms with Gasteiger partial charge in [0.05, 0.1) is 24.1 Å². The van der Waals surface area contributed by atoms with E-state index in [1.165, 1.54) is 32.1 Å². The monoisotopic (exact) mass is 311 g/mol. The van der Waals surface area contributed by atoms with Crippen molar-refractivity contribution in [1.29, 1.82) is 0 Å². The summed E-state index contributed by atoms with van der Waals surface area (Å²) in [6, 6.07) is 0. The Labute approximate surface area is 129 Å². The van der Waals surface area contributed by atoms with Crippen LogP contribution in [0.15, 0.2) is 11.0 Å². The Hall–Kier alpha value is -1.07. The van der Waals surface area contributed by atoms with Crippen LogP contribution in [0.3, 0.4) is 0 Å². The summed E-state index contributed by atoms with van der Waals surface area (Å²) in [6.07, 6.45) is 10.8. The first-order chi connectivity index (χ1) is 10.2. The van der Waals surface area contributed by atoms with Crippen LogP contribution in [0, 0.1) is 0 Å². The van der Waals surface area contributed by atoms with E-state index in [1.807, 2.05) is 0 Å². The Morgan fingerprint density at radius 3 is 2.52 bits per heavy atom. The summed E-state index contributed by atoms with van der Waals surface area (Å²) in [6.45, 7) is 1.73. The van der Waals surface area contributed by atoms with Gasteiger partial charge in [-0.15, -0.1) is 0 Å². The summed E-state index contributed by atoms with van der Waals surface area (Å²) in [5.41, 5.74) is 0.409. The first-order valence-corrected chi connectivity index (χ1v) is 8.25. The number of hydrogen-bond acceptors (Lipinski definition) is 4. The predicted molar refractivity (Wildman–Crippen MR) is 83.1 cm³/mol. The van der Waals surface area contributed by atoms with Crippen LogP contribution in [-0.2, 0) is 4.74 Å². The second-order valence-electron chi connectivity index (χ2n) is 5.98. The quantitative estimate of drug-likeness (QED) is 0.932. The molecular formula is C15H22ClN3O2. The normalized spacial score (nSPS) is 21.7. The van der Waals surface area contributed by atoms with Crippen molar-refractivity contribution < 1.29 is 4.74 Å². The average molecular weight is 312 g/mol. The SMILES string of the molecule is O=c1[nH]ncc(N2CCC(OC3CCCCC3)CC2)c1Cl. The molecule has 1 aliphatic heterocycles. The Bertz CT molecular complexity index is 520. The summed E-state index contributed by atoms with van der Waals surface area (Å²) in [7, 11) is 0. The van der Waals surface area contributed by atoms with Crippen molar-refractivity contribution in [1.82, 2.24) is 10.2 Å². The molecule has 1 aromatic heterocycles. The number of ether oxygens (including phenoxy) is 1. The van der Waals surface area contributed by atoms with Crippen molar-refractivity contribution >= 4 is 17.3 Å². The number of aromatic amines is 1. The van der Waals surface area contributed by atoms with Crippen molar-refractivity contribution in [3.63, 3.8) is 0 Å². The van der Waals surface area contributed by atoms with E-state index in [-0.39, 0.29) is 10.6 Å². The van der Waals surface area contributed by atoms with Crippen molar-refractivity contribution in [2.75, 3.05) is 18.0 Å². The van der Waals surface area contributed by atoms with E-state index in [2.05, 4.69) is 15.1 Å². The summed E-state index contributed by atoms with van der Waals surface area (Å²) in [4.78, 5) is 13.6. The molecule has 2 fully saturated rings. The third-order valence-corrected chi connectivity index (χ3v) is 4.86. The first kappa shape index (κ1) is 14.9.